The highest BCUT2D eigenvalue weighted by Gasteiger charge is 2.23. The van der Waals surface area contributed by atoms with Gasteiger partial charge in [0, 0.05) is 9.35 Å². The lowest BCUT2D eigenvalue weighted by Gasteiger charge is -2.13. The van der Waals surface area contributed by atoms with Gasteiger partial charge in [-0.3, -0.25) is 4.79 Å². The molecule has 2 N–H and O–H groups in total. The quantitative estimate of drug-likeness (QED) is 0.593. The van der Waals surface area contributed by atoms with Crippen LogP contribution in [0.5, 0.6) is 0 Å². The third kappa shape index (κ3) is 2.05. The van der Waals surface area contributed by atoms with Crippen molar-refractivity contribution in [3.05, 3.63) is 12.2 Å². The van der Waals surface area contributed by atoms with E-state index >= 15 is 0 Å². The number of carboxylic acid groups (broad SMARTS) is 1. The summed E-state index contributed by atoms with van der Waals surface area (Å²) < 4.78 is 15.5. The Balaban J connectivity index is 2.86. The summed E-state index contributed by atoms with van der Waals surface area (Å²) in [5.41, 5.74) is 0. The van der Waals surface area contributed by atoms with Crippen molar-refractivity contribution >= 4 is 5.97 Å². The number of allylic oxidation sites excluding steroid dienone is 2. The Morgan fingerprint density at radius 1 is 1.82 bits per heavy atom. The fourth-order valence-electron chi connectivity index (χ4n) is 1.11. The monoisotopic (exact) mass is 158 g/mol. The fraction of sp³-hybridized carbons (Fsp3) is 0.625. The van der Waals surface area contributed by atoms with Gasteiger partial charge < -0.3 is 10.2 Å². The fourth-order valence-corrected chi connectivity index (χ4v) is 1.11. The van der Waals surface area contributed by atoms with E-state index in [4.69, 9.17) is 13.0 Å². The molecule has 0 unspecified atom stereocenters. The average molecular weight is 158 g/mol. The molecule has 11 heavy (non-hydrogen) atoms. The van der Waals surface area contributed by atoms with Gasteiger partial charge in [-0.15, -0.1) is 0 Å². The van der Waals surface area contributed by atoms with Gasteiger partial charge in [-0.2, -0.15) is 0 Å². The number of rotatable bonds is 3. The van der Waals surface area contributed by atoms with Crippen molar-refractivity contribution in [2.24, 2.45) is 11.8 Å². The second-order valence-electron chi connectivity index (χ2n) is 2.46. The molecule has 0 radical (unpaired) electrons. The van der Waals surface area contributed by atoms with Crippen LogP contribution in [0.2, 0.25) is 0 Å². The van der Waals surface area contributed by atoms with Crippen molar-refractivity contribution in [1.29, 1.82) is 0 Å². The molecule has 0 bridgehead atoms. The maximum absolute atomic E-state index is 10.4. The molecule has 0 aromatic heterocycles. The van der Waals surface area contributed by atoms with Crippen LogP contribution in [-0.4, -0.2) is 22.8 Å². The first-order chi connectivity index (χ1) is 5.93. The molecule has 62 valence electrons. The first-order valence-corrected chi connectivity index (χ1v) is 3.44. The van der Waals surface area contributed by atoms with Crippen LogP contribution in [0.3, 0.4) is 0 Å². The molecule has 0 heterocycles. The van der Waals surface area contributed by atoms with E-state index in [0.29, 0.717) is 0 Å². The van der Waals surface area contributed by atoms with Crippen LogP contribution in [0.25, 0.3) is 0 Å². The topological polar surface area (TPSA) is 57.5 Å². The van der Waals surface area contributed by atoms with Crippen molar-refractivity contribution in [1.82, 2.24) is 0 Å². The van der Waals surface area contributed by atoms with Crippen LogP contribution in [0.1, 0.15) is 15.6 Å². The van der Waals surface area contributed by atoms with E-state index < -0.39 is 30.8 Å². The molecule has 0 amide bonds. The highest BCUT2D eigenvalue weighted by molar-refractivity contribution is 5.67. The smallest absolute Gasteiger partial charge is 0.303 e. The molecule has 0 spiro atoms. The molecular weight excluding hydrogens is 144 g/mol. The Bertz CT molecular complexity index is 254. The normalized spacial score (nSPS) is 45.2. The minimum Gasteiger partial charge on any atom is -0.481 e. The Morgan fingerprint density at radius 3 is 3.09 bits per heavy atom. The van der Waals surface area contributed by atoms with Crippen molar-refractivity contribution < 1.29 is 17.7 Å². The van der Waals surface area contributed by atoms with Crippen LogP contribution in [0.4, 0.5) is 0 Å². The lowest BCUT2D eigenvalue weighted by Crippen LogP contribution is -2.15. The Kier molecular flexibility index (Phi) is 1.85. The van der Waals surface area contributed by atoms with E-state index in [1.165, 1.54) is 6.08 Å². The van der Waals surface area contributed by atoms with E-state index in [-0.39, 0.29) is 6.42 Å². The minimum absolute atomic E-state index is 0.236. The number of aliphatic hydroxyl groups excluding tert-OH is 1. The molecule has 0 fully saturated rings. The van der Waals surface area contributed by atoms with Gasteiger partial charge in [0.15, 0.2) is 0 Å². The van der Waals surface area contributed by atoms with E-state index in [9.17, 15) is 4.79 Å². The molecule has 0 saturated carbocycles. The summed E-state index contributed by atoms with van der Waals surface area (Å²) in [7, 11) is 0. The second kappa shape index (κ2) is 3.53. The maximum atomic E-state index is 10.4. The molecule has 3 heteroatoms. The highest BCUT2D eigenvalue weighted by atomic mass is 16.4. The van der Waals surface area contributed by atoms with Crippen LogP contribution >= 0.6 is 0 Å². The number of aliphatic carboxylic acids is 1. The van der Waals surface area contributed by atoms with Gasteiger partial charge >= 0.3 is 5.97 Å². The predicted octanol–water partition coefficient (Wildman–Crippen LogP) is 0.646. The number of carbonyl (C=O) groups is 1. The third-order valence-corrected chi connectivity index (χ3v) is 1.67. The summed E-state index contributed by atoms with van der Waals surface area (Å²) in [5.74, 6) is -4.01. The molecule has 0 aromatic rings. The first-order valence-electron chi connectivity index (χ1n) is 4.44. The Labute approximate surface area is 68.2 Å². The van der Waals surface area contributed by atoms with E-state index in [2.05, 4.69) is 0 Å². The van der Waals surface area contributed by atoms with Crippen molar-refractivity contribution in [2.45, 2.75) is 12.8 Å². The van der Waals surface area contributed by atoms with Crippen LogP contribution in [0, 0.1) is 11.8 Å². The van der Waals surface area contributed by atoms with Gasteiger partial charge in [-0.25, -0.2) is 0 Å². The van der Waals surface area contributed by atoms with Gasteiger partial charge in [0.25, 0.3) is 0 Å². The van der Waals surface area contributed by atoms with E-state index in [0.717, 1.165) is 0 Å². The van der Waals surface area contributed by atoms with Crippen LogP contribution in [0.15, 0.2) is 12.2 Å². The molecule has 0 aromatic carbocycles. The summed E-state index contributed by atoms with van der Waals surface area (Å²) in [6.07, 6.45) is 2.78. The SMILES string of the molecule is [2H][C@@]1(CO)CC=C[C@]1([2H])CC(=O)O. The summed E-state index contributed by atoms with van der Waals surface area (Å²) in [6, 6.07) is 0. The first kappa shape index (κ1) is 5.77. The number of aliphatic hydroxyl groups is 1. The van der Waals surface area contributed by atoms with Gasteiger partial charge in [-0.05, 0) is 18.2 Å². The highest BCUT2D eigenvalue weighted by Crippen LogP contribution is 2.27. The largest absolute Gasteiger partial charge is 0.481 e. The molecule has 1 aliphatic rings. The Morgan fingerprint density at radius 2 is 2.55 bits per heavy atom. The zero-order valence-electron chi connectivity index (χ0n) is 8.08. The predicted molar refractivity (Wildman–Crippen MR) is 40.1 cm³/mol. The van der Waals surface area contributed by atoms with Gasteiger partial charge in [0.2, 0.25) is 0 Å². The zero-order chi connectivity index (χ0) is 10.1. The standard InChI is InChI=1S/C8H12O3/c9-5-7-3-1-2-6(7)4-8(10)11/h1-2,6-7,9H,3-5H2,(H,10,11)/t6-,7+/m1/s1/i6D,7D. The average Bonchev–Trinajstić information content (AvgIpc) is 2.28. The molecule has 0 saturated heterocycles. The van der Waals surface area contributed by atoms with Crippen molar-refractivity contribution in [3.63, 3.8) is 0 Å². The molecule has 2 atom stereocenters. The summed E-state index contributed by atoms with van der Waals surface area (Å²) in [6.45, 7) is -0.489. The summed E-state index contributed by atoms with van der Waals surface area (Å²) in [4.78, 5) is 10.4. The van der Waals surface area contributed by atoms with Gasteiger partial charge in [0.1, 0.15) is 0 Å². The molecule has 1 aliphatic carbocycles. The van der Waals surface area contributed by atoms with E-state index in [1.54, 1.807) is 6.08 Å². The third-order valence-electron chi connectivity index (χ3n) is 1.67. The van der Waals surface area contributed by atoms with E-state index in [1.807, 2.05) is 0 Å². The van der Waals surface area contributed by atoms with Crippen molar-refractivity contribution in [3.8, 4) is 0 Å². The maximum Gasteiger partial charge on any atom is 0.303 e. The molecule has 3 nitrogen and oxygen atoms in total. The molecule has 1 rings (SSSR count). The Hall–Kier alpha value is -0.830. The second-order valence-corrected chi connectivity index (χ2v) is 2.46. The number of hydrogen-bond donors (Lipinski definition) is 2. The van der Waals surface area contributed by atoms with Gasteiger partial charge in [0.05, 0.1) is 6.42 Å². The number of carboxylic acids is 1. The number of hydrogen-bond acceptors (Lipinski definition) is 2. The molecular formula is C8H12O3. The minimum atomic E-state index is -1.49. The van der Waals surface area contributed by atoms with Crippen LogP contribution < -0.4 is 0 Å². The zero-order valence-corrected chi connectivity index (χ0v) is 6.08. The molecule has 0 aliphatic heterocycles. The van der Waals surface area contributed by atoms with Crippen molar-refractivity contribution in [2.75, 3.05) is 6.61 Å². The van der Waals surface area contributed by atoms with Gasteiger partial charge in [-0.1, -0.05) is 12.2 Å². The lowest BCUT2D eigenvalue weighted by atomic mass is 9.93. The summed E-state index contributed by atoms with van der Waals surface area (Å²) in [5, 5.41) is 17.5. The van der Waals surface area contributed by atoms with Crippen LogP contribution in [-0.2, 0) is 4.79 Å². The lowest BCUT2D eigenvalue weighted by molar-refractivity contribution is -0.138. The summed E-state index contributed by atoms with van der Waals surface area (Å²) >= 11 is 0.